The van der Waals surface area contributed by atoms with Gasteiger partial charge in [-0.3, -0.25) is 9.48 Å². The highest BCUT2D eigenvalue weighted by Gasteiger charge is 2.19. The molecule has 0 bridgehead atoms. The van der Waals surface area contributed by atoms with E-state index in [2.05, 4.69) is 10.4 Å². The van der Waals surface area contributed by atoms with Crippen molar-refractivity contribution in [3.8, 4) is 22.8 Å². The first kappa shape index (κ1) is 19.3. The third-order valence-electron chi connectivity index (χ3n) is 4.51. The molecule has 0 saturated carbocycles. The molecule has 2 aromatic carbocycles. The number of hydrogen-bond donors (Lipinski definition) is 1. The molecule has 0 saturated heterocycles. The summed E-state index contributed by atoms with van der Waals surface area (Å²) in [7, 11) is 5.00. The van der Waals surface area contributed by atoms with Gasteiger partial charge in [0.15, 0.2) is 0 Å². The summed E-state index contributed by atoms with van der Waals surface area (Å²) in [4.78, 5) is 14.4. The van der Waals surface area contributed by atoms with Gasteiger partial charge >= 0.3 is 0 Å². The van der Waals surface area contributed by atoms with E-state index in [9.17, 15) is 4.79 Å². The number of benzene rings is 2. The number of hydrogen-bond acceptors (Lipinski definition) is 5. The highest BCUT2D eigenvalue weighted by Crippen LogP contribution is 2.35. The number of nitrogens with zero attached hydrogens (tertiary/aromatic N) is 2. The van der Waals surface area contributed by atoms with Crippen molar-refractivity contribution in [2.24, 2.45) is 7.05 Å². The number of rotatable bonds is 5. The summed E-state index contributed by atoms with van der Waals surface area (Å²) in [5.41, 5.74) is 2.34. The van der Waals surface area contributed by atoms with E-state index in [1.54, 1.807) is 37.1 Å². The molecule has 1 N–H and O–H groups in total. The SMILES string of the molecule is COc1ccc(NC(=O)c2cc3c(-c4ccc(Cl)cc4)nn(C)c3s2)c(OC)c1. The molecule has 0 aliphatic carbocycles. The number of anilines is 1. The van der Waals surface area contributed by atoms with E-state index in [1.807, 2.05) is 37.4 Å². The van der Waals surface area contributed by atoms with Gasteiger partial charge in [0.1, 0.15) is 22.0 Å². The molecular weight excluding hydrogens is 410 g/mol. The minimum absolute atomic E-state index is 0.211. The fourth-order valence-electron chi connectivity index (χ4n) is 3.06. The third-order valence-corrected chi connectivity index (χ3v) is 5.96. The van der Waals surface area contributed by atoms with Crippen molar-refractivity contribution in [3.63, 3.8) is 0 Å². The van der Waals surface area contributed by atoms with Crippen LogP contribution in [-0.4, -0.2) is 29.9 Å². The van der Waals surface area contributed by atoms with Crippen LogP contribution in [0.4, 0.5) is 5.69 Å². The fourth-order valence-corrected chi connectivity index (χ4v) is 4.15. The average Bonchev–Trinajstić information content (AvgIpc) is 3.30. The van der Waals surface area contributed by atoms with Crippen LogP contribution in [0.25, 0.3) is 21.5 Å². The summed E-state index contributed by atoms with van der Waals surface area (Å²) in [6.45, 7) is 0. The Kier molecular flexibility index (Phi) is 5.17. The topological polar surface area (TPSA) is 65.4 Å². The van der Waals surface area contributed by atoms with E-state index in [-0.39, 0.29) is 5.91 Å². The number of nitrogens with one attached hydrogen (secondary N) is 1. The van der Waals surface area contributed by atoms with Gasteiger partial charge in [0.2, 0.25) is 0 Å². The number of amides is 1. The average molecular weight is 428 g/mol. The lowest BCUT2D eigenvalue weighted by molar-refractivity contribution is 0.103. The van der Waals surface area contributed by atoms with Gasteiger partial charge in [0.25, 0.3) is 5.91 Å². The standard InChI is InChI=1S/C21H18ClN3O3S/c1-25-21-15(19(24-25)12-4-6-13(22)7-5-12)11-18(29-21)20(26)23-16-9-8-14(27-2)10-17(16)28-3/h4-11H,1-3H3,(H,23,26). The van der Waals surface area contributed by atoms with Crippen LogP contribution in [0.1, 0.15) is 9.67 Å². The molecule has 148 valence electrons. The Labute approximate surface area is 176 Å². The van der Waals surface area contributed by atoms with Gasteiger partial charge in [-0.05, 0) is 30.3 Å². The summed E-state index contributed by atoms with van der Waals surface area (Å²) < 4.78 is 12.3. The Hall–Kier alpha value is -3.03. The van der Waals surface area contributed by atoms with Crippen molar-refractivity contribution >= 4 is 44.7 Å². The molecule has 2 heterocycles. The van der Waals surface area contributed by atoms with Crippen molar-refractivity contribution < 1.29 is 14.3 Å². The molecule has 0 unspecified atom stereocenters. The van der Waals surface area contributed by atoms with Crippen LogP contribution in [0.3, 0.4) is 0 Å². The summed E-state index contributed by atoms with van der Waals surface area (Å²) in [5.74, 6) is 0.972. The molecule has 2 aromatic heterocycles. The Morgan fingerprint density at radius 1 is 1.10 bits per heavy atom. The molecule has 8 heteroatoms. The van der Waals surface area contributed by atoms with Gasteiger partial charge in [-0.15, -0.1) is 11.3 Å². The zero-order valence-corrected chi connectivity index (χ0v) is 17.6. The van der Waals surface area contributed by atoms with Gasteiger partial charge in [-0.2, -0.15) is 5.10 Å². The number of aryl methyl sites for hydroxylation is 1. The van der Waals surface area contributed by atoms with E-state index in [0.717, 1.165) is 21.5 Å². The summed E-state index contributed by atoms with van der Waals surface area (Å²) in [6, 6.07) is 14.6. The van der Waals surface area contributed by atoms with Crippen molar-refractivity contribution in [3.05, 3.63) is 58.4 Å². The highest BCUT2D eigenvalue weighted by atomic mass is 35.5. The molecule has 0 aliphatic heterocycles. The van der Waals surface area contributed by atoms with Crippen molar-refractivity contribution in [2.45, 2.75) is 0 Å². The van der Waals surface area contributed by atoms with Crippen LogP contribution in [0, 0.1) is 0 Å². The quantitative estimate of drug-likeness (QED) is 0.474. The number of methoxy groups -OCH3 is 2. The maximum absolute atomic E-state index is 12.9. The lowest BCUT2D eigenvalue weighted by atomic mass is 10.1. The molecule has 0 aliphatic rings. The summed E-state index contributed by atoms with van der Waals surface area (Å²) in [5, 5.41) is 9.10. The predicted molar refractivity (Wildman–Crippen MR) is 117 cm³/mol. The lowest BCUT2D eigenvalue weighted by Gasteiger charge is -2.11. The number of carbonyl (C=O) groups is 1. The normalized spacial score (nSPS) is 10.9. The van der Waals surface area contributed by atoms with Crippen LogP contribution < -0.4 is 14.8 Å². The second kappa shape index (κ2) is 7.77. The molecule has 1 amide bonds. The second-order valence-corrected chi connectivity index (χ2v) is 7.80. The van der Waals surface area contributed by atoms with Crippen LogP contribution in [0.5, 0.6) is 11.5 Å². The van der Waals surface area contributed by atoms with Crippen molar-refractivity contribution in [1.29, 1.82) is 0 Å². The molecule has 0 atom stereocenters. The lowest BCUT2D eigenvalue weighted by Crippen LogP contribution is -2.11. The number of aromatic nitrogens is 2. The summed E-state index contributed by atoms with van der Waals surface area (Å²) in [6.07, 6.45) is 0. The van der Waals surface area contributed by atoms with Crippen LogP contribution >= 0.6 is 22.9 Å². The molecule has 4 rings (SSSR count). The van der Waals surface area contributed by atoms with Crippen LogP contribution in [0.15, 0.2) is 48.5 Å². The van der Waals surface area contributed by atoms with E-state index < -0.39 is 0 Å². The maximum Gasteiger partial charge on any atom is 0.265 e. The Morgan fingerprint density at radius 3 is 2.55 bits per heavy atom. The minimum Gasteiger partial charge on any atom is -0.497 e. The van der Waals surface area contributed by atoms with Gasteiger partial charge < -0.3 is 14.8 Å². The number of fused-ring (bicyclic) bond motifs is 1. The molecule has 6 nitrogen and oxygen atoms in total. The first-order valence-corrected chi connectivity index (χ1v) is 9.95. The first-order valence-electron chi connectivity index (χ1n) is 8.76. The van der Waals surface area contributed by atoms with Gasteiger partial charge in [0.05, 0.1) is 24.8 Å². The number of ether oxygens (including phenoxy) is 2. The predicted octanol–water partition coefficient (Wildman–Crippen LogP) is 5.22. The fraction of sp³-hybridized carbons (Fsp3) is 0.143. The highest BCUT2D eigenvalue weighted by molar-refractivity contribution is 7.20. The molecule has 0 radical (unpaired) electrons. The molecule has 29 heavy (non-hydrogen) atoms. The molecule has 4 aromatic rings. The van der Waals surface area contributed by atoms with Gasteiger partial charge in [0, 0.05) is 29.1 Å². The zero-order valence-electron chi connectivity index (χ0n) is 16.0. The third kappa shape index (κ3) is 3.66. The van der Waals surface area contributed by atoms with E-state index >= 15 is 0 Å². The number of carbonyl (C=O) groups excluding carboxylic acids is 1. The van der Waals surface area contributed by atoms with E-state index in [0.29, 0.717) is 27.1 Å². The van der Waals surface area contributed by atoms with E-state index in [1.165, 1.54) is 11.3 Å². The van der Waals surface area contributed by atoms with Crippen LogP contribution in [0.2, 0.25) is 5.02 Å². The number of thiophene rings is 1. The number of halogens is 1. The van der Waals surface area contributed by atoms with Gasteiger partial charge in [-0.1, -0.05) is 23.7 Å². The first-order chi connectivity index (χ1) is 14.0. The maximum atomic E-state index is 12.9. The Bertz CT molecular complexity index is 1200. The van der Waals surface area contributed by atoms with Crippen molar-refractivity contribution in [2.75, 3.05) is 19.5 Å². The zero-order chi connectivity index (χ0) is 20.5. The molecule has 0 fully saturated rings. The summed E-state index contributed by atoms with van der Waals surface area (Å²) >= 11 is 7.38. The molecular formula is C21H18ClN3O3S. The Morgan fingerprint density at radius 2 is 1.86 bits per heavy atom. The Balaban J connectivity index is 1.67. The molecule has 0 spiro atoms. The minimum atomic E-state index is -0.211. The van der Waals surface area contributed by atoms with Crippen molar-refractivity contribution in [1.82, 2.24) is 9.78 Å². The largest absolute Gasteiger partial charge is 0.497 e. The van der Waals surface area contributed by atoms with Gasteiger partial charge in [-0.25, -0.2) is 0 Å². The monoisotopic (exact) mass is 427 g/mol. The second-order valence-electron chi connectivity index (χ2n) is 6.33. The smallest absolute Gasteiger partial charge is 0.265 e. The van der Waals surface area contributed by atoms with Crippen LogP contribution in [-0.2, 0) is 7.05 Å². The van der Waals surface area contributed by atoms with E-state index in [4.69, 9.17) is 21.1 Å².